The van der Waals surface area contributed by atoms with E-state index in [4.69, 9.17) is 9.47 Å². The highest BCUT2D eigenvalue weighted by Gasteiger charge is 1.99. The molecule has 6 heteroatoms. The summed E-state index contributed by atoms with van der Waals surface area (Å²) >= 11 is 0. The molecule has 1 aromatic heterocycles. The van der Waals surface area contributed by atoms with Crippen molar-refractivity contribution in [3.8, 4) is 5.75 Å². The number of nitrogens with one attached hydrogen (secondary N) is 1. The van der Waals surface area contributed by atoms with E-state index in [1.807, 2.05) is 0 Å². The minimum Gasteiger partial charge on any atom is -0.494 e. The first-order valence-corrected chi connectivity index (χ1v) is 5.53. The predicted molar refractivity (Wildman–Crippen MR) is 66.4 cm³/mol. The first-order valence-electron chi connectivity index (χ1n) is 5.53. The molecule has 0 atom stereocenters. The summed E-state index contributed by atoms with van der Waals surface area (Å²) in [6.45, 7) is 3.38. The number of ether oxygens (including phenoxy) is 2. The number of aromatic nitrogens is 2. The van der Waals surface area contributed by atoms with Crippen LogP contribution in [0.5, 0.6) is 5.75 Å². The summed E-state index contributed by atoms with van der Waals surface area (Å²) in [4.78, 5) is 10.4. The number of hydrogen-bond donors (Lipinski definition) is 1. The van der Waals surface area contributed by atoms with Gasteiger partial charge < -0.3 is 19.7 Å². The Labute approximate surface area is 102 Å². The van der Waals surface area contributed by atoms with Gasteiger partial charge in [-0.25, -0.2) is 9.97 Å². The predicted octanol–water partition coefficient (Wildman–Crippen LogP) is 0.475. The SMILES string of the molecule is COCCN(C)CCNc1ncc(OC)cn1. The van der Waals surface area contributed by atoms with Crippen molar-refractivity contribution < 1.29 is 9.47 Å². The molecule has 0 aliphatic rings. The zero-order chi connectivity index (χ0) is 12.5. The lowest BCUT2D eigenvalue weighted by atomic mass is 10.5. The second-order valence-corrected chi connectivity index (χ2v) is 3.67. The van der Waals surface area contributed by atoms with Crippen molar-refractivity contribution in [2.75, 3.05) is 52.8 Å². The minimum absolute atomic E-state index is 0.617. The molecule has 0 radical (unpaired) electrons. The van der Waals surface area contributed by atoms with Crippen LogP contribution in [0.15, 0.2) is 12.4 Å². The molecule has 0 aromatic carbocycles. The van der Waals surface area contributed by atoms with E-state index in [1.165, 1.54) is 0 Å². The molecular weight excluding hydrogens is 220 g/mol. The molecule has 1 heterocycles. The quantitative estimate of drug-likeness (QED) is 0.713. The Balaban J connectivity index is 2.21. The van der Waals surface area contributed by atoms with E-state index < -0.39 is 0 Å². The summed E-state index contributed by atoms with van der Waals surface area (Å²) in [6, 6.07) is 0. The number of anilines is 1. The lowest BCUT2D eigenvalue weighted by molar-refractivity contribution is 0.163. The number of likely N-dealkylation sites (N-methyl/N-ethyl adjacent to an activating group) is 1. The van der Waals surface area contributed by atoms with Crippen molar-refractivity contribution in [3.05, 3.63) is 12.4 Å². The molecule has 0 fully saturated rings. The van der Waals surface area contributed by atoms with Crippen LogP contribution in [0.1, 0.15) is 0 Å². The van der Waals surface area contributed by atoms with Crippen molar-refractivity contribution in [2.24, 2.45) is 0 Å². The zero-order valence-corrected chi connectivity index (χ0v) is 10.6. The van der Waals surface area contributed by atoms with Crippen molar-refractivity contribution in [2.45, 2.75) is 0 Å². The third-order valence-corrected chi connectivity index (χ3v) is 2.32. The fourth-order valence-corrected chi connectivity index (χ4v) is 1.23. The Morgan fingerprint density at radius 3 is 2.53 bits per heavy atom. The van der Waals surface area contributed by atoms with Gasteiger partial charge in [0.05, 0.1) is 26.1 Å². The molecule has 0 spiro atoms. The normalized spacial score (nSPS) is 10.6. The summed E-state index contributed by atoms with van der Waals surface area (Å²) in [5.41, 5.74) is 0. The fourth-order valence-electron chi connectivity index (χ4n) is 1.23. The van der Waals surface area contributed by atoms with Gasteiger partial charge in [-0.1, -0.05) is 0 Å². The van der Waals surface area contributed by atoms with E-state index in [1.54, 1.807) is 26.6 Å². The molecule has 1 aromatic rings. The maximum Gasteiger partial charge on any atom is 0.222 e. The van der Waals surface area contributed by atoms with Gasteiger partial charge in [0.15, 0.2) is 5.75 Å². The van der Waals surface area contributed by atoms with Crippen LogP contribution in [0.3, 0.4) is 0 Å². The van der Waals surface area contributed by atoms with E-state index in [2.05, 4.69) is 27.2 Å². The van der Waals surface area contributed by atoms with Gasteiger partial charge >= 0.3 is 0 Å². The van der Waals surface area contributed by atoms with Crippen molar-refractivity contribution in [3.63, 3.8) is 0 Å². The summed E-state index contributed by atoms with van der Waals surface area (Å²) in [5.74, 6) is 1.28. The van der Waals surface area contributed by atoms with Gasteiger partial charge in [-0.2, -0.15) is 0 Å². The van der Waals surface area contributed by atoms with E-state index in [9.17, 15) is 0 Å². The van der Waals surface area contributed by atoms with Crippen LogP contribution < -0.4 is 10.1 Å². The topological polar surface area (TPSA) is 59.5 Å². The highest BCUT2D eigenvalue weighted by Crippen LogP contribution is 2.06. The van der Waals surface area contributed by atoms with Gasteiger partial charge in [0, 0.05) is 26.7 Å². The van der Waals surface area contributed by atoms with Gasteiger partial charge in [0.25, 0.3) is 0 Å². The molecule has 0 aliphatic heterocycles. The standard InChI is InChI=1S/C11H20N4O2/c1-15(6-7-16-2)5-4-12-11-13-8-10(17-3)9-14-11/h8-9H,4-7H2,1-3H3,(H,12,13,14). The van der Waals surface area contributed by atoms with Gasteiger partial charge in [-0.3, -0.25) is 0 Å². The fraction of sp³-hybridized carbons (Fsp3) is 0.636. The smallest absolute Gasteiger partial charge is 0.222 e. The Hall–Kier alpha value is -1.40. The largest absolute Gasteiger partial charge is 0.494 e. The molecule has 17 heavy (non-hydrogen) atoms. The summed E-state index contributed by atoms with van der Waals surface area (Å²) in [7, 11) is 5.35. The summed E-state index contributed by atoms with van der Waals surface area (Å²) < 4.78 is 9.98. The Morgan fingerprint density at radius 2 is 1.94 bits per heavy atom. The van der Waals surface area contributed by atoms with Gasteiger partial charge in [0.1, 0.15) is 0 Å². The van der Waals surface area contributed by atoms with Gasteiger partial charge in [0.2, 0.25) is 5.95 Å². The second-order valence-electron chi connectivity index (χ2n) is 3.67. The average molecular weight is 240 g/mol. The molecule has 0 amide bonds. The number of rotatable bonds is 8. The van der Waals surface area contributed by atoms with Crippen LogP contribution in [0.25, 0.3) is 0 Å². The molecule has 0 saturated heterocycles. The molecule has 6 nitrogen and oxygen atoms in total. The third-order valence-electron chi connectivity index (χ3n) is 2.32. The van der Waals surface area contributed by atoms with Crippen LogP contribution in [0.2, 0.25) is 0 Å². The van der Waals surface area contributed by atoms with E-state index in [0.29, 0.717) is 11.7 Å². The van der Waals surface area contributed by atoms with Crippen molar-refractivity contribution in [1.29, 1.82) is 0 Å². The van der Waals surface area contributed by atoms with E-state index >= 15 is 0 Å². The Kier molecular flexibility index (Phi) is 6.27. The summed E-state index contributed by atoms with van der Waals surface area (Å²) in [6.07, 6.45) is 3.29. The Bertz CT molecular complexity index is 305. The highest BCUT2D eigenvalue weighted by molar-refractivity contribution is 5.26. The van der Waals surface area contributed by atoms with E-state index in [0.717, 1.165) is 26.2 Å². The lowest BCUT2D eigenvalue weighted by Gasteiger charge is -2.16. The van der Waals surface area contributed by atoms with Crippen LogP contribution in [-0.2, 0) is 4.74 Å². The minimum atomic E-state index is 0.617. The van der Waals surface area contributed by atoms with Crippen LogP contribution >= 0.6 is 0 Å². The number of methoxy groups -OCH3 is 2. The molecule has 0 bridgehead atoms. The molecule has 0 aliphatic carbocycles. The van der Waals surface area contributed by atoms with Crippen LogP contribution in [0.4, 0.5) is 5.95 Å². The zero-order valence-electron chi connectivity index (χ0n) is 10.6. The van der Waals surface area contributed by atoms with E-state index in [-0.39, 0.29) is 0 Å². The first-order chi connectivity index (χ1) is 8.26. The molecular formula is C11H20N4O2. The maximum absolute atomic E-state index is 5.00. The van der Waals surface area contributed by atoms with Gasteiger partial charge in [-0.05, 0) is 7.05 Å². The van der Waals surface area contributed by atoms with Crippen molar-refractivity contribution >= 4 is 5.95 Å². The Morgan fingerprint density at radius 1 is 1.24 bits per heavy atom. The summed E-state index contributed by atoms with van der Waals surface area (Å²) in [5, 5.41) is 3.14. The molecule has 0 unspecified atom stereocenters. The molecule has 1 N–H and O–H groups in total. The number of nitrogens with zero attached hydrogens (tertiary/aromatic N) is 3. The third kappa shape index (κ3) is 5.46. The average Bonchev–Trinajstić information content (AvgIpc) is 2.37. The van der Waals surface area contributed by atoms with Gasteiger partial charge in [-0.15, -0.1) is 0 Å². The van der Waals surface area contributed by atoms with Crippen LogP contribution in [-0.4, -0.2) is 62.4 Å². The monoisotopic (exact) mass is 240 g/mol. The molecule has 0 saturated carbocycles. The molecule has 1 rings (SSSR count). The van der Waals surface area contributed by atoms with Crippen LogP contribution in [0, 0.1) is 0 Å². The lowest BCUT2D eigenvalue weighted by Crippen LogP contribution is -2.28. The second kappa shape index (κ2) is 7.81. The number of hydrogen-bond acceptors (Lipinski definition) is 6. The van der Waals surface area contributed by atoms with Crippen molar-refractivity contribution in [1.82, 2.24) is 14.9 Å². The first kappa shape index (κ1) is 13.7. The maximum atomic E-state index is 5.00. The highest BCUT2D eigenvalue weighted by atomic mass is 16.5. The molecule has 96 valence electrons.